The molecular formula is C22H44O5S. The third-order valence-corrected chi connectivity index (χ3v) is 6.33. The number of ether oxygens (including phenoxy) is 1. The van der Waals surface area contributed by atoms with E-state index in [1.54, 1.807) is 0 Å². The summed E-state index contributed by atoms with van der Waals surface area (Å²) in [7, 11) is -4.39. The van der Waals surface area contributed by atoms with Gasteiger partial charge in [-0.15, -0.1) is 0 Å². The Hall–Kier alpha value is -0.620. The van der Waals surface area contributed by atoms with E-state index in [2.05, 4.69) is 6.92 Å². The molecule has 168 valence electrons. The van der Waals surface area contributed by atoms with Crippen LogP contribution in [0.5, 0.6) is 0 Å². The summed E-state index contributed by atoms with van der Waals surface area (Å²) in [5.41, 5.74) is 0. The van der Waals surface area contributed by atoms with Crippen molar-refractivity contribution in [3.05, 3.63) is 0 Å². The highest BCUT2D eigenvalue weighted by molar-refractivity contribution is 7.87. The number of esters is 1. The standard InChI is InChI=1S/C22H44O5S/c1-3-5-7-8-9-10-11-12-13-14-15-16-17-18-19-21(28(24,25)26)22(23)27-20-6-4-2/h21H,3-20H2,1-2H3,(H,24,25,26). The molecule has 0 amide bonds. The Kier molecular flexibility index (Phi) is 18.0. The zero-order chi connectivity index (χ0) is 21.1. The van der Waals surface area contributed by atoms with E-state index < -0.39 is 21.3 Å². The third-order valence-electron chi connectivity index (χ3n) is 5.18. The number of hydrogen-bond donors (Lipinski definition) is 1. The van der Waals surface area contributed by atoms with Crippen molar-refractivity contribution in [1.82, 2.24) is 0 Å². The Bertz CT molecular complexity index is 462. The monoisotopic (exact) mass is 420 g/mol. The topological polar surface area (TPSA) is 80.7 Å². The molecule has 5 nitrogen and oxygen atoms in total. The van der Waals surface area contributed by atoms with Gasteiger partial charge in [0, 0.05) is 0 Å². The Balaban J connectivity index is 3.66. The van der Waals surface area contributed by atoms with Crippen LogP contribution in [-0.2, 0) is 19.6 Å². The van der Waals surface area contributed by atoms with E-state index in [1.807, 2.05) is 6.92 Å². The second kappa shape index (κ2) is 18.4. The summed E-state index contributed by atoms with van der Waals surface area (Å²) in [6, 6.07) is 0. The lowest BCUT2D eigenvalue weighted by Gasteiger charge is -2.13. The van der Waals surface area contributed by atoms with Crippen LogP contribution < -0.4 is 0 Å². The van der Waals surface area contributed by atoms with Crippen LogP contribution >= 0.6 is 0 Å². The normalized spacial score (nSPS) is 12.8. The molecule has 0 spiro atoms. The number of carbonyl (C=O) groups is 1. The average Bonchev–Trinajstić information content (AvgIpc) is 2.64. The van der Waals surface area contributed by atoms with Gasteiger partial charge in [0.15, 0.2) is 5.25 Å². The molecule has 0 radical (unpaired) electrons. The van der Waals surface area contributed by atoms with E-state index in [0.717, 1.165) is 25.7 Å². The van der Waals surface area contributed by atoms with Crippen LogP contribution in [0.4, 0.5) is 0 Å². The first-order valence-electron chi connectivity index (χ1n) is 11.6. The number of carbonyl (C=O) groups excluding carboxylic acids is 1. The number of unbranched alkanes of at least 4 members (excludes halogenated alkanes) is 14. The van der Waals surface area contributed by atoms with Crippen LogP contribution in [-0.4, -0.2) is 30.8 Å². The predicted molar refractivity (Wildman–Crippen MR) is 116 cm³/mol. The van der Waals surface area contributed by atoms with Crippen LogP contribution in [0.15, 0.2) is 0 Å². The highest BCUT2D eigenvalue weighted by atomic mass is 32.2. The Morgan fingerprint density at radius 2 is 1.11 bits per heavy atom. The smallest absolute Gasteiger partial charge is 0.326 e. The van der Waals surface area contributed by atoms with Gasteiger partial charge in [-0.25, -0.2) is 0 Å². The minimum atomic E-state index is -4.39. The summed E-state index contributed by atoms with van der Waals surface area (Å²) in [6.45, 7) is 4.41. The van der Waals surface area contributed by atoms with E-state index in [1.165, 1.54) is 64.2 Å². The molecule has 28 heavy (non-hydrogen) atoms. The predicted octanol–water partition coefficient (Wildman–Crippen LogP) is 6.46. The first-order chi connectivity index (χ1) is 13.4. The van der Waals surface area contributed by atoms with E-state index >= 15 is 0 Å². The van der Waals surface area contributed by atoms with Gasteiger partial charge in [-0.05, 0) is 12.8 Å². The second-order valence-electron chi connectivity index (χ2n) is 7.91. The van der Waals surface area contributed by atoms with E-state index in [-0.39, 0.29) is 13.0 Å². The molecule has 0 heterocycles. The molecular weight excluding hydrogens is 376 g/mol. The quantitative estimate of drug-likeness (QED) is 0.139. The van der Waals surface area contributed by atoms with Gasteiger partial charge in [-0.2, -0.15) is 8.42 Å². The third kappa shape index (κ3) is 16.3. The highest BCUT2D eigenvalue weighted by Gasteiger charge is 2.31. The van der Waals surface area contributed by atoms with Gasteiger partial charge >= 0.3 is 5.97 Å². The zero-order valence-corrected chi connectivity index (χ0v) is 19.1. The zero-order valence-electron chi connectivity index (χ0n) is 18.3. The molecule has 0 aliphatic carbocycles. The Morgan fingerprint density at radius 1 is 0.714 bits per heavy atom. The van der Waals surface area contributed by atoms with E-state index in [0.29, 0.717) is 12.8 Å². The molecule has 0 aromatic carbocycles. The fraction of sp³-hybridized carbons (Fsp3) is 0.955. The molecule has 1 atom stereocenters. The van der Waals surface area contributed by atoms with Crippen LogP contribution in [0.2, 0.25) is 0 Å². The maximum atomic E-state index is 11.9. The average molecular weight is 421 g/mol. The molecule has 6 heteroatoms. The summed E-state index contributed by atoms with van der Waals surface area (Å²) in [5, 5.41) is -1.43. The SMILES string of the molecule is CCCCCCCCCCCCCCCCC(C(=O)OCCCC)S(=O)(=O)O. The fourth-order valence-electron chi connectivity index (χ4n) is 3.32. The maximum absolute atomic E-state index is 11.9. The van der Waals surface area contributed by atoms with Crippen molar-refractivity contribution in [1.29, 1.82) is 0 Å². The van der Waals surface area contributed by atoms with Crippen molar-refractivity contribution in [2.24, 2.45) is 0 Å². The van der Waals surface area contributed by atoms with Gasteiger partial charge in [0.05, 0.1) is 6.61 Å². The minimum Gasteiger partial charge on any atom is -0.465 e. The van der Waals surface area contributed by atoms with Gasteiger partial charge in [0.1, 0.15) is 0 Å². The van der Waals surface area contributed by atoms with Gasteiger partial charge < -0.3 is 4.74 Å². The van der Waals surface area contributed by atoms with E-state index in [4.69, 9.17) is 4.74 Å². The molecule has 0 saturated heterocycles. The van der Waals surface area contributed by atoms with Gasteiger partial charge in [-0.3, -0.25) is 9.35 Å². The Morgan fingerprint density at radius 3 is 1.50 bits per heavy atom. The summed E-state index contributed by atoms with van der Waals surface area (Å²) >= 11 is 0. The molecule has 0 aliphatic heterocycles. The molecule has 0 rings (SSSR count). The highest BCUT2D eigenvalue weighted by Crippen LogP contribution is 2.16. The van der Waals surface area contributed by atoms with Crippen molar-refractivity contribution in [2.45, 2.75) is 128 Å². The maximum Gasteiger partial charge on any atom is 0.326 e. The van der Waals surface area contributed by atoms with Crippen molar-refractivity contribution >= 4 is 16.1 Å². The largest absolute Gasteiger partial charge is 0.465 e. The molecule has 0 saturated carbocycles. The van der Waals surface area contributed by atoms with Crippen molar-refractivity contribution in [3.8, 4) is 0 Å². The van der Waals surface area contributed by atoms with Crippen molar-refractivity contribution in [3.63, 3.8) is 0 Å². The van der Waals surface area contributed by atoms with Crippen LogP contribution in [0.3, 0.4) is 0 Å². The number of hydrogen-bond acceptors (Lipinski definition) is 4. The molecule has 0 aromatic heterocycles. The lowest BCUT2D eigenvalue weighted by atomic mass is 10.0. The van der Waals surface area contributed by atoms with E-state index in [9.17, 15) is 17.8 Å². The first kappa shape index (κ1) is 27.4. The molecule has 1 N–H and O–H groups in total. The van der Waals surface area contributed by atoms with Crippen LogP contribution in [0.1, 0.15) is 123 Å². The summed E-state index contributed by atoms with van der Waals surface area (Å²) in [6.07, 6.45) is 18.7. The van der Waals surface area contributed by atoms with Crippen molar-refractivity contribution in [2.75, 3.05) is 6.61 Å². The summed E-state index contributed by atoms with van der Waals surface area (Å²) < 4.78 is 37.1. The number of rotatable bonds is 20. The molecule has 0 fully saturated rings. The minimum absolute atomic E-state index is 0.141. The first-order valence-corrected chi connectivity index (χ1v) is 13.1. The fourth-order valence-corrected chi connectivity index (χ4v) is 4.10. The second-order valence-corrected chi connectivity index (χ2v) is 9.51. The Labute approximate surface area is 173 Å². The molecule has 0 bridgehead atoms. The van der Waals surface area contributed by atoms with Crippen LogP contribution in [0, 0.1) is 0 Å². The molecule has 0 aliphatic rings. The molecule has 1 unspecified atom stereocenters. The lowest BCUT2D eigenvalue weighted by Crippen LogP contribution is -2.32. The van der Waals surface area contributed by atoms with Gasteiger partial charge in [-0.1, -0.05) is 110 Å². The van der Waals surface area contributed by atoms with Gasteiger partial charge in [0.25, 0.3) is 10.1 Å². The van der Waals surface area contributed by atoms with Crippen molar-refractivity contribution < 1.29 is 22.5 Å². The van der Waals surface area contributed by atoms with Gasteiger partial charge in [0.2, 0.25) is 0 Å². The summed E-state index contributed by atoms with van der Waals surface area (Å²) in [4.78, 5) is 11.9. The molecule has 0 aromatic rings. The van der Waals surface area contributed by atoms with Crippen LogP contribution in [0.25, 0.3) is 0 Å². The summed E-state index contributed by atoms with van der Waals surface area (Å²) in [5.74, 6) is -0.814. The lowest BCUT2D eigenvalue weighted by molar-refractivity contribution is -0.143.